The Morgan fingerprint density at radius 3 is 1.95 bits per heavy atom. The zero-order valence-corrected chi connectivity index (χ0v) is 23.4. The van der Waals surface area contributed by atoms with Crippen molar-refractivity contribution in [3.63, 3.8) is 0 Å². The van der Waals surface area contributed by atoms with Gasteiger partial charge in [0.15, 0.2) is 0 Å². The Morgan fingerprint density at radius 2 is 1.37 bits per heavy atom. The van der Waals surface area contributed by atoms with E-state index in [1.807, 2.05) is 13.8 Å². The van der Waals surface area contributed by atoms with Crippen LogP contribution in [-0.4, -0.2) is 70.5 Å². The van der Waals surface area contributed by atoms with Crippen LogP contribution in [0.25, 0.3) is 0 Å². The average molecular weight is 570 g/mol. The second-order valence-electron chi connectivity index (χ2n) is 10.3. The molecule has 0 fully saturated rings. The molecule has 41 heavy (non-hydrogen) atoms. The number of carboxylic acids is 1. The first-order valence-electron chi connectivity index (χ1n) is 13.3. The van der Waals surface area contributed by atoms with E-state index < -0.39 is 60.3 Å². The summed E-state index contributed by atoms with van der Waals surface area (Å²) >= 11 is 0. The van der Waals surface area contributed by atoms with Crippen LogP contribution in [0.1, 0.15) is 38.3 Å². The molecule has 0 aromatic heterocycles. The Balaban J connectivity index is 1.94. The lowest BCUT2D eigenvalue weighted by molar-refractivity contribution is -0.142. The molecule has 2 rings (SSSR count). The summed E-state index contributed by atoms with van der Waals surface area (Å²) in [4.78, 5) is 62.3. The van der Waals surface area contributed by atoms with Gasteiger partial charge in [-0.3, -0.25) is 19.2 Å². The third-order valence-electron chi connectivity index (χ3n) is 6.16. The van der Waals surface area contributed by atoms with Crippen LogP contribution < -0.4 is 27.0 Å². The van der Waals surface area contributed by atoms with Gasteiger partial charge in [0.25, 0.3) is 0 Å². The highest BCUT2D eigenvalue weighted by molar-refractivity contribution is 5.94. The molecule has 0 aliphatic heterocycles. The van der Waals surface area contributed by atoms with Crippen LogP contribution in [0.15, 0.2) is 54.6 Å². The Labute approximate surface area is 239 Å². The van der Waals surface area contributed by atoms with Gasteiger partial charge in [0.1, 0.15) is 23.9 Å². The van der Waals surface area contributed by atoms with E-state index in [4.69, 9.17) is 5.73 Å². The maximum Gasteiger partial charge on any atom is 0.326 e. The smallest absolute Gasteiger partial charge is 0.326 e. The van der Waals surface area contributed by atoms with Crippen LogP contribution in [0.4, 0.5) is 0 Å². The number of benzene rings is 2. The van der Waals surface area contributed by atoms with Crippen LogP contribution in [0.5, 0.6) is 5.75 Å². The Kier molecular flexibility index (Phi) is 12.8. The van der Waals surface area contributed by atoms with Crippen LogP contribution in [0.2, 0.25) is 0 Å². The van der Waals surface area contributed by atoms with E-state index in [0.717, 1.165) is 11.1 Å². The summed E-state index contributed by atoms with van der Waals surface area (Å²) in [6.45, 7) is 4.62. The first kappa shape index (κ1) is 32.8. The second kappa shape index (κ2) is 16.0. The maximum absolute atomic E-state index is 13.0. The van der Waals surface area contributed by atoms with Crippen molar-refractivity contribution in [2.45, 2.75) is 64.2 Å². The number of rotatable bonds is 15. The number of carbonyl (C=O) groups is 5. The lowest BCUT2D eigenvalue weighted by Crippen LogP contribution is -2.55. The molecule has 0 saturated heterocycles. The number of aromatic hydroxyl groups is 1. The van der Waals surface area contributed by atoms with Crippen LogP contribution in [-0.2, 0) is 36.8 Å². The summed E-state index contributed by atoms with van der Waals surface area (Å²) in [7, 11) is 0. The standard InChI is InChI=1S/C29H39N5O7/c1-17(2)13-24(29(40)41)34-28(39)23(15-19-7-5-4-6-8-19)33-25(36)16-31-26(37)18(3)32-27(38)22(30)14-20-9-11-21(35)12-10-20/h4-12,17-18,22-24,35H,13-16,30H2,1-3H3,(H,31,37)(H,32,38)(H,33,36)(H,34,39)(H,40,41). The molecule has 2 aromatic carbocycles. The predicted octanol–water partition coefficient (Wildman–Crippen LogP) is 0.226. The quantitative estimate of drug-likeness (QED) is 0.158. The molecule has 0 saturated carbocycles. The van der Waals surface area contributed by atoms with Gasteiger partial charge in [-0.05, 0) is 48.9 Å². The first-order chi connectivity index (χ1) is 19.3. The molecule has 0 heterocycles. The van der Waals surface area contributed by atoms with Gasteiger partial charge in [0.05, 0.1) is 12.6 Å². The fourth-order valence-electron chi connectivity index (χ4n) is 3.95. The number of phenolic OH excluding ortho intramolecular Hbond substituents is 1. The number of carbonyl (C=O) groups excluding carboxylic acids is 4. The van der Waals surface area contributed by atoms with Crippen molar-refractivity contribution >= 4 is 29.6 Å². The minimum Gasteiger partial charge on any atom is -0.508 e. The molecule has 0 aliphatic rings. The van der Waals surface area contributed by atoms with Crippen LogP contribution in [0, 0.1) is 5.92 Å². The molecule has 8 N–H and O–H groups in total. The third kappa shape index (κ3) is 11.7. The van der Waals surface area contributed by atoms with E-state index in [2.05, 4.69) is 21.3 Å². The monoisotopic (exact) mass is 569 g/mol. The molecular formula is C29H39N5O7. The number of nitrogens with two attached hydrogens (primary N) is 1. The van der Waals surface area contributed by atoms with E-state index in [0.29, 0.717) is 0 Å². The number of aliphatic carboxylic acids is 1. The average Bonchev–Trinajstić information content (AvgIpc) is 2.92. The van der Waals surface area contributed by atoms with Crippen molar-refractivity contribution in [2.24, 2.45) is 11.7 Å². The highest BCUT2D eigenvalue weighted by atomic mass is 16.4. The van der Waals surface area contributed by atoms with Crippen molar-refractivity contribution < 1.29 is 34.2 Å². The SMILES string of the molecule is CC(C)CC(NC(=O)C(Cc1ccccc1)NC(=O)CNC(=O)C(C)NC(=O)C(N)Cc1ccc(O)cc1)C(=O)O. The molecule has 222 valence electrons. The number of phenols is 1. The molecule has 12 heteroatoms. The molecule has 12 nitrogen and oxygen atoms in total. The Morgan fingerprint density at radius 1 is 0.756 bits per heavy atom. The molecule has 0 radical (unpaired) electrons. The van der Waals surface area contributed by atoms with Gasteiger partial charge in [-0.15, -0.1) is 0 Å². The van der Waals surface area contributed by atoms with Gasteiger partial charge in [-0.2, -0.15) is 0 Å². The van der Waals surface area contributed by atoms with E-state index in [9.17, 15) is 34.2 Å². The number of amides is 4. The van der Waals surface area contributed by atoms with Crippen LogP contribution >= 0.6 is 0 Å². The number of carboxylic acid groups (broad SMARTS) is 1. The summed E-state index contributed by atoms with van der Waals surface area (Å²) < 4.78 is 0. The minimum absolute atomic E-state index is 0.0126. The predicted molar refractivity (Wildman–Crippen MR) is 151 cm³/mol. The molecular weight excluding hydrogens is 530 g/mol. The number of hydrogen-bond donors (Lipinski definition) is 7. The Bertz CT molecular complexity index is 1190. The largest absolute Gasteiger partial charge is 0.508 e. The van der Waals surface area contributed by atoms with E-state index in [1.165, 1.54) is 19.1 Å². The van der Waals surface area contributed by atoms with Crippen molar-refractivity contribution in [2.75, 3.05) is 6.54 Å². The van der Waals surface area contributed by atoms with Crippen LogP contribution in [0.3, 0.4) is 0 Å². The summed E-state index contributed by atoms with van der Waals surface area (Å²) in [5.74, 6) is -3.63. The van der Waals surface area contributed by atoms with Gasteiger partial charge >= 0.3 is 5.97 Å². The molecule has 0 aliphatic carbocycles. The molecule has 0 spiro atoms. The maximum atomic E-state index is 13.0. The fourth-order valence-corrected chi connectivity index (χ4v) is 3.95. The first-order valence-corrected chi connectivity index (χ1v) is 13.3. The number of hydrogen-bond acceptors (Lipinski definition) is 7. The summed E-state index contributed by atoms with van der Waals surface area (Å²) in [6, 6.07) is 11.0. The lowest BCUT2D eigenvalue weighted by atomic mass is 10.0. The third-order valence-corrected chi connectivity index (χ3v) is 6.16. The van der Waals surface area contributed by atoms with Gasteiger partial charge in [0.2, 0.25) is 23.6 Å². The molecule has 2 aromatic rings. The van der Waals surface area contributed by atoms with E-state index in [-0.39, 0.29) is 30.9 Å². The van der Waals surface area contributed by atoms with Crippen molar-refractivity contribution in [1.29, 1.82) is 0 Å². The van der Waals surface area contributed by atoms with Gasteiger partial charge < -0.3 is 37.2 Å². The van der Waals surface area contributed by atoms with Gasteiger partial charge in [-0.25, -0.2) is 4.79 Å². The van der Waals surface area contributed by atoms with Crippen molar-refractivity contribution in [3.05, 3.63) is 65.7 Å². The van der Waals surface area contributed by atoms with Crippen molar-refractivity contribution in [1.82, 2.24) is 21.3 Å². The minimum atomic E-state index is -1.18. The summed E-state index contributed by atoms with van der Waals surface area (Å²) in [5.41, 5.74) is 7.41. The Hall–Kier alpha value is -4.45. The van der Waals surface area contributed by atoms with Crippen molar-refractivity contribution in [3.8, 4) is 5.75 Å². The van der Waals surface area contributed by atoms with E-state index >= 15 is 0 Å². The summed E-state index contributed by atoms with van der Waals surface area (Å²) in [5, 5.41) is 28.8. The lowest BCUT2D eigenvalue weighted by Gasteiger charge is -2.23. The summed E-state index contributed by atoms with van der Waals surface area (Å²) in [6.07, 6.45) is 0.505. The zero-order valence-electron chi connectivity index (χ0n) is 23.4. The van der Waals surface area contributed by atoms with Gasteiger partial charge in [0, 0.05) is 6.42 Å². The molecule has 4 atom stereocenters. The normalized spacial score (nSPS) is 13.8. The zero-order chi connectivity index (χ0) is 30.5. The fraction of sp³-hybridized carbons (Fsp3) is 0.414. The second-order valence-corrected chi connectivity index (χ2v) is 10.3. The molecule has 4 unspecified atom stereocenters. The molecule has 4 amide bonds. The highest BCUT2D eigenvalue weighted by Gasteiger charge is 2.28. The number of nitrogens with one attached hydrogen (secondary N) is 4. The van der Waals surface area contributed by atoms with Gasteiger partial charge in [-0.1, -0.05) is 56.3 Å². The topological polar surface area (TPSA) is 200 Å². The van der Waals surface area contributed by atoms with E-state index in [1.54, 1.807) is 42.5 Å². The molecule has 0 bridgehead atoms. The highest BCUT2D eigenvalue weighted by Crippen LogP contribution is 2.11.